The Kier molecular flexibility index (Phi) is 2.84. The van der Waals surface area contributed by atoms with Gasteiger partial charge < -0.3 is 9.84 Å². The average Bonchev–Trinajstić information content (AvgIpc) is 2.93. The van der Waals surface area contributed by atoms with Gasteiger partial charge in [0.05, 0.1) is 18.3 Å². The molecule has 0 radical (unpaired) electrons. The first-order valence-electron chi connectivity index (χ1n) is 6.32. The summed E-state index contributed by atoms with van der Waals surface area (Å²) in [6, 6.07) is 6.23. The van der Waals surface area contributed by atoms with Gasteiger partial charge in [-0.1, -0.05) is 12.1 Å². The van der Waals surface area contributed by atoms with E-state index in [4.69, 9.17) is 9.84 Å². The lowest BCUT2D eigenvalue weighted by Gasteiger charge is -2.26. The molecule has 0 unspecified atom stereocenters. The molecule has 1 aromatic rings. The van der Waals surface area contributed by atoms with Crippen molar-refractivity contribution in [3.8, 4) is 0 Å². The Morgan fingerprint density at radius 3 is 3.00 bits per heavy atom. The average molecular weight is 247 g/mol. The second-order valence-electron chi connectivity index (χ2n) is 5.23. The zero-order valence-corrected chi connectivity index (χ0v) is 10.4. The lowest BCUT2D eigenvalue weighted by Crippen LogP contribution is -2.36. The van der Waals surface area contributed by atoms with E-state index in [2.05, 4.69) is 4.90 Å². The van der Waals surface area contributed by atoms with Gasteiger partial charge in [-0.2, -0.15) is 0 Å². The number of rotatable bonds is 3. The molecule has 0 aromatic heterocycles. The molecular weight excluding hydrogens is 230 g/mol. The number of hydrogen-bond donors (Lipinski definition) is 1. The molecule has 4 heteroatoms. The van der Waals surface area contributed by atoms with Gasteiger partial charge in [-0.05, 0) is 30.5 Å². The number of carboxylic acid groups (broad SMARTS) is 1. The highest BCUT2D eigenvalue weighted by Crippen LogP contribution is 2.29. The van der Waals surface area contributed by atoms with Crippen molar-refractivity contribution in [3.05, 3.63) is 34.9 Å². The summed E-state index contributed by atoms with van der Waals surface area (Å²) in [5, 5.41) is 9.12. The Hall–Kier alpha value is -1.39. The normalized spacial score (nSPS) is 26.7. The van der Waals surface area contributed by atoms with Crippen LogP contribution in [0.1, 0.15) is 27.9 Å². The predicted molar refractivity (Wildman–Crippen MR) is 66.7 cm³/mol. The second kappa shape index (κ2) is 4.37. The molecule has 2 fully saturated rings. The van der Waals surface area contributed by atoms with Crippen LogP contribution in [-0.2, 0) is 11.3 Å². The molecule has 96 valence electrons. The van der Waals surface area contributed by atoms with Gasteiger partial charge in [-0.15, -0.1) is 0 Å². The number of morpholine rings is 1. The Balaban J connectivity index is 1.77. The fraction of sp³-hybridized carbons (Fsp3) is 0.500. The summed E-state index contributed by atoms with van der Waals surface area (Å²) in [4.78, 5) is 13.5. The van der Waals surface area contributed by atoms with Crippen LogP contribution in [0.4, 0.5) is 0 Å². The number of carboxylic acids is 1. The summed E-state index contributed by atoms with van der Waals surface area (Å²) < 4.78 is 5.57. The molecule has 18 heavy (non-hydrogen) atoms. The van der Waals surface area contributed by atoms with Crippen LogP contribution in [0.2, 0.25) is 0 Å². The van der Waals surface area contributed by atoms with Crippen LogP contribution < -0.4 is 0 Å². The number of fused-ring (bicyclic) bond motifs is 2. The van der Waals surface area contributed by atoms with Gasteiger partial charge in [-0.25, -0.2) is 4.79 Å². The van der Waals surface area contributed by atoms with E-state index in [0.717, 1.165) is 37.2 Å². The van der Waals surface area contributed by atoms with E-state index < -0.39 is 5.97 Å². The molecule has 3 rings (SSSR count). The maximum Gasteiger partial charge on any atom is 0.335 e. The van der Waals surface area contributed by atoms with Gasteiger partial charge in [0.2, 0.25) is 0 Å². The smallest absolute Gasteiger partial charge is 0.335 e. The van der Waals surface area contributed by atoms with Gasteiger partial charge >= 0.3 is 5.97 Å². The number of carbonyl (C=O) groups is 1. The zero-order chi connectivity index (χ0) is 12.7. The SMILES string of the molecule is Cc1ccc(CN2C[C@@H]3C[C@H]2CO3)cc1C(=O)O. The molecule has 2 aliphatic heterocycles. The number of likely N-dealkylation sites (tertiary alicyclic amines) is 1. The van der Waals surface area contributed by atoms with E-state index in [9.17, 15) is 4.79 Å². The summed E-state index contributed by atoms with van der Waals surface area (Å²) >= 11 is 0. The maximum atomic E-state index is 11.1. The first-order valence-corrected chi connectivity index (χ1v) is 6.32. The quantitative estimate of drug-likeness (QED) is 0.882. The molecular formula is C14H17NO3. The molecule has 1 N–H and O–H groups in total. The molecule has 0 amide bonds. The first kappa shape index (κ1) is 11.7. The van der Waals surface area contributed by atoms with E-state index in [0.29, 0.717) is 17.7 Å². The minimum atomic E-state index is -0.847. The highest BCUT2D eigenvalue weighted by Gasteiger charge is 2.38. The van der Waals surface area contributed by atoms with Gasteiger partial charge in [0, 0.05) is 19.1 Å². The third kappa shape index (κ3) is 2.02. The second-order valence-corrected chi connectivity index (χ2v) is 5.23. The molecule has 4 nitrogen and oxygen atoms in total. The summed E-state index contributed by atoms with van der Waals surface area (Å²) in [7, 11) is 0. The zero-order valence-electron chi connectivity index (χ0n) is 10.4. The third-order valence-corrected chi connectivity index (χ3v) is 3.93. The number of benzene rings is 1. The van der Waals surface area contributed by atoms with Crippen LogP contribution in [0.3, 0.4) is 0 Å². The number of hydrogen-bond acceptors (Lipinski definition) is 3. The molecule has 2 saturated heterocycles. The Morgan fingerprint density at radius 1 is 1.56 bits per heavy atom. The molecule has 0 aliphatic carbocycles. The monoisotopic (exact) mass is 247 g/mol. The fourth-order valence-corrected chi connectivity index (χ4v) is 2.91. The molecule has 1 aromatic carbocycles. The Labute approximate surface area is 106 Å². The first-order chi connectivity index (χ1) is 8.63. The summed E-state index contributed by atoms with van der Waals surface area (Å²) in [5.41, 5.74) is 2.30. The summed E-state index contributed by atoms with van der Waals surface area (Å²) in [6.45, 7) is 4.45. The third-order valence-electron chi connectivity index (χ3n) is 3.93. The Morgan fingerprint density at radius 2 is 2.39 bits per heavy atom. The van der Waals surface area contributed by atoms with Crippen LogP contribution >= 0.6 is 0 Å². The molecule has 2 bridgehead atoms. The number of ether oxygens (including phenoxy) is 1. The van der Waals surface area contributed by atoms with Gasteiger partial charge in [0.1, 0.15) is 0 Å². The lowest BCUT2D eigenvalue weighted by atomic mass is 10.0. The van der Waals surface area contributed by atoms with E-state index in [-0.39, 0.29) is 0 Å². The topological polar surface area (TPSA) is 49.8 Å². The largest absolute Gasteiger partial charge is 0.478 e. The van der Waals surface area contributed by atoms with Crippen molar-refractivity contribution in [1.29, 1.82) is 0 Å². The predicted octanol–water partition coefficient (Wildman–Crippen LogP) is 1.67. The van der Waals surface area contributed by atoms with Crippen molar-refractivity contribution >= 4 is 5.97 Å². The summed E-state index contributed by atoms with van der Waals surface area (Å²) in [5.74, 6) is -0.847. The number of nitrogens with zero attached hydrogens (tertiary/aromatic N) is 1. The van der Waals surface area contributed by atoms with Crippen molar-refractivity contribution in [2.24, 2.45) is 0 Å². The maximum absolute atomic E-state index is 11.1. The van der Waals surface area contributed by atoms with E-state index in [1.807, 2.05) is 19.1 Å². The van der Waals surface area contributed by atoms with Crippen LogP contribution in [0.15, 0.2) is 18.2 Å². The van der Waals surface area contributed by atoms with E-state index >= 15 is 0 Å². The minimum absolute atomic E-state index is 0.388. The molecule has 0 saturated carbocycles. The van der Waals surface area contributed by atoms with Gasteiger partial charge in [0.15, 0.2) is 0 Å². The summed E-state index contributed by atoms with van der Waals surface area (Å²) in [6.07, 6.45) is 1.51. The highest BCUT2D eigenvalue weighted by molar-refractivity contribution is 5.89. The van der Waals surface area contributed by atoms with Crippen LogP contribution in [0, 0.1) is 6.92 Å². The Bertz CT molecular complexity index is 486. The van der Waals surface area contributed by atoms with Crippen LogP contribution in [-0.4, -0.2) is 41.3 Å². The van der Waals surface area contributed by atoms with Crippen molar-refractivity contribution in [1.82, 2.24) is 4.90 Å². The minimum Gasteiger partial charge on any atom is -0.478 e. The number of aryl methyl sites for hydroxylation is 1. The molecule has 2 atom stereocenters. The fourth-order valence-electron chi connectivity index (χ4n) is 2.91. The lowest BCUT2D eigenvalue weighted by molar-refractivity contribution is 0.0273. The highest BCUT2D eigenvalue weighted by atomic mass is 16.5. The van der Waals surface area contributed by atoms with Crippen molar-refractivity contribution in [3.63, 3.8) is 0 Å². The number of aromatic carboxylic acids is 1. The van der Waals surface area contributed by atoms with Crippen LogP contribution in [0.25, 0.3) is 0 Å². The van der Waals surface area contributed by atoms with Crippen molar-refractivity contribution < 1.29 is 14.6 Å². The van der Waals surface area contributed by atoms with E-state index in [1.54, 1.807) is 6.07 Å². The standard InChI is InChI=1S/C14H17NO3/c1-9-2-3-10(4-13(9)14(16)17)6-15-7-12-5-11(15)8-18-12/h2-4,11-12H,5-8H2,1H3,(H,16,17)/t11-,12-/m0/s1. The van der Waals surface area contributed by atoms with Crippen molar-refractivity contribution in [2.45, 2.75) is 32.0 Å². The van der Waals surface area contributed by atoms with Crippen LogP contribution in [0.5, 0.6) is 0 Å². The van der Waals surface area contributed by atoms with E-state index in [1.165, 1.54) is 0 Å². The molecule has 2 heterocycles. The van der Waals surface area contributed by atoms with Gasteiger partial charge in [0.25, 0.3) is 0 Å². The van der Waals surface area contributed by atoms with Gasteiger partial charge in [-0.3, -0.25) is 4.90 Å². The van der Waals surface area contributed by atoms with Crippen molar-refractivity contribution in [2.75, 3.05) is 13.2 Å². The molecule has 0 spiro atoms. The molecule has 2 aliphatic rings.